The zero-order chi connectivity index (χ0) is 18.1. The third kappa shape index (κ3) is 5.96. The molecule has 0 unspecified atom stereocenters. The summed E-state index contributed by atoms with van der Waals surface area (Å²) in [6.07, 6.45) is 2.84. The molecule has 0 heterocycles. The Kier molecular flexibility index (Phi) is 6.49. The molecule has 0 aliphatic carbocycles. The first-order valence-electron chi connectivity index (χ1n) is 7.81. The smallest absolute Gasteiger partial charge is 0.280 e. The Balaban J connectivity index is 1.86. The number of nitrogens with zero attached hydrogens (tertiary/aromatic N) is 2. The van der Waals surface area contributed by atoms with Gasteiger partial charge in [0.05, 0.1) is 17.8 Å². The summed E-state index contributed by atoms with van der Waals surface area (Å²) in [5, 5.41) is 12.7. The highest BCUT2D eigenvalue weighted by Crippen LogP contribution is 2.13. The number of hydrazone groups is 1. The standard InChI is InChI=1S/C20H19N3O2/c1-15(12-17-6-4-3-5-7-17)14-22-23-20(24)16(2)25-19-10-8-18(13-21)9-11-19/h3-12,14,16H,1-2H3,(H,23,24)/b15-12+,22-14-/t16-/m0/s1. The van der Waals surface area contributed by atoms with Gasteiger partial charge in [0.15, 0.2) is 6.10 Å². The fourth-order valence-electron chi connectivity index (χ4n) is 2.00. The van der Waals surface area contributed by atoms with Gasteiger partial charge in [-0.15, -0.1) is 0 Å². The van der Waals surface area contributed by atoms with E-state index in [1.165, 1.54) is 0 Å². The number of benzene rings is 2. The molecule has 0 aliphatic rings. The third-order valence-electron chi connectivity index (χ3n) is 3.30. The molecule has 1 atom stereocenters. The number of nitriles is 1. The number of hydrogen-bond donors (Lipinski definition) is 1. The van der Waals surface area contributed by atoms with Crippen molar-refractivity contribution >= 4 is 18.2 Å². The number of carbonyl (C=O) groups excluding carboxylic acids is 1. The maximum Gasteiger partial charge on any atom is 0.280 e. The number of rotatable bonds is 6. The number of hydrogen-bond acceptors (Lipinski definition) is 4. The van der Waals surface area contributed by atoms with Gasteiger partial charge in [0.1, 0.15) is 5.75 Å². The zero-order valence-electron chi connectivity index (χ0n) is 14.1. The minimum Gasteiger partial charge on any atom is -0.481 e. The Morgan fingerprint density at radius 3 is 2.52 bits per heavy atom. The van der Waals surface area contributed by atoms with Crippen LogP contribution in [0.1, 0.15) is 25.0 Å². The maximum absolute atomic E-state index is 12.0. The van der Waals surface area contributed by atoms with E-state index in [4.69, 9.17) is 10.00 Å². The van der Waals surface area contributed by atoms with Crippen molar-refractivity contribution in [2.24, 2.45) is 5.10 Å². The van der Waals surface area contributed by atoms with Crippen LogP contribution in [0.3, 0.4) is 0 Å². The fraction of sp³-hybridized carbons (Fsp3) is 0.150. The van der Waals surface area contributed by atoms with Gasteiger partial charge in [-0.25, -0.2) is 5.43 Å². The topological polar surface area (TPSA) is 74.5 Å². The lowest BCUT2D eigenvalue weighted by Gasteiger charge is -2.12. The molecule has 0 bridgehead atoms. The summed E-state index contributed by atoms with van der Waals surface area (Å²) in [6.45, 7) is 3.54. The minimum atomic E-state index is -0.705. The van der Waals surface area contributed by atoms with Gasteiger partial charge >= 0.3 is 0 Å². The van der Waals surface area contributed by atoms with Gasteiger partial charge in [-0.3, -0.25) is 4.79 Å². The van der Waals surface area contributed by atoms with Gasteiger partial charge in [0.2, 0.25) is 0 Å². The molecule has 5 nitrogen and oxygen atoms in total. The second kappa shape index (κ2) is 9.04. The Bertz CT molecular complexity index is 803. The van der Waals surface area contributed by atoms with Crippen molar-refractivity contribution in [1.29, 1.82) is 5.26 Å². The van der Waals surface area contributed by atoms with Crippen molar-refractivity contribution in [1.82, 2.24) is 5.43 Å². The quantitative estimate of drug-likeness (QED) is 0.649. The van der Waals surface area contributed by atoms with E-state index in [1.807, 2.05) is 49.4 Å². The molecule has 126 valence electrons. The lowest BCUT2D eigenvalue weighted by Crippen LogP contribution is -2.33. The van der Waals surface area contributed by atoms with E-state index in [-0.39, 0.29) is 5.91 Å². The number of nitrogens with one attached hydrogen (secondary N) is 1. The first kappa shape index (κ1) is 18.0. The SMILES string of the molecule is CC(/C=N\NC(=O)[C@H](C)Oc1ccc(C#N)cc1)=C\c1ccccc1. The van der Waals surface area contributed by atoms with Crippen molar-refractivity contribution in [3.8, 4) is 11.8 Å². The lowest BCUT2D eigenvalue weighted by atomic mass is 10.1. The van der Waals surface area contributed by atoms with Crippen LogP contribution in [0.2, 0.25) is 0 Å². The molecule has 2 aromatic carbocycles. The molecule has 0 spiro atoms. The molecule has 1 N–H and O–H groups in total. The van der Waals surface area contributed by atoms with E-state index in [0.717, 1.165) is 11.1 Å². The molecule has 5 heteroatoms. The molecule has 25 heavy (non-hydrogen) atoms. The molecule has 0 fully saturated rings. The van der Waals surface area contributed by atoms with Gasteiger partial charge in [0.25, 0.3) is 5.91 Å². The van der Waals surface area contributed by atoms with Crippen LogP contribution in [0, 0.1) is 11.3 Å². The van der Waals surface area contributed by atoms with E-state index in [9.17, 15) is 4.79 Å². The first-order valence-corrected chi connectivity index (χ1v) is 7.81. The molecule has 0 saturated carbocycles. The van der Waals surface area contributed by atoms with Crippen LogP contribution >= 0.6 is 0 Å². The van der Waals surface area contributed by atoms with Crippen LogP contribution in [0.25, 0.3) is 6.08 Å². The molecular weight excluding hydrogens is 314 g/mol. The predicted molar refractivity (Wildman–Crippen MR) is 98.0 cm³/mol. The van der Waals surface area contributed by atoms with E-state index < -0.39 is 6.10 Å². The summed E-state index contributed by atoms with van der Waals surface area (Å²) in [4.78, 5) is 12.0. The van der Waals surface area contributed by atoms with Crippen molar-refractivity contribution in [2.75, 3.05) is 0 Å². The van der Waals surface area contributed by atoms with Crippen LogP contribution in [-0.4, -0.2) is 18.2 Å². The fourth-order valence-corrected chi connectivity index (χ4v) is 2.00. The summed E-state index contributed by atoms with van der Waals surface area (Å²) >= 11 is 0. The van der Waals surface area contributed by atoms with Gasteiger partial charge in [-0.05, 0) is 49.2 Å². The predicted octanol–water partition coefficient (Wildman–Crippen LogP) is 3.53. The molecule has 1 amide bonds. The second-order valence-corrected chi connectivity index (χ2v) is 5.43. The molecule has 0 radical (unpaired) electrons. The van der Waals surface area contributed by atoms with E-state index in [1.54, 1.807) is 37.4 Å². The largest absolute Gasteiger partial charge is 0.481 e. The van der Waals surface area contributed by atoms with Crippen molar-refractivity contribution in [3.05, 3.63) is 71.3 Å². The Morgan fingerprint density at radius 2 is 1.88 bits per heavy atom. The molecular formula is C20H19N3O2. The summed E-state index contributed by atoms with van der Waals surface area (Å²) in [7, 11) is 0. The first-order chi connectivity index (χ1) is 12.1. The summed E-state index contributed by atoms with van der Waals surface area (Å²) in [5.74, 6) is 0.166. The van der Waals surface area contributed by atoms with Gasteiger partial charge in [0, 0.05) is 0 Å². The monoisotopic (exact) mass is 333 g/mol. The van der Waals surface area contributed by atoms with Gasteiger partial charge in [-0.2, -0.15) is 10.4 Å². The van der Waals surface area contributed by atoms with Crippen molar-refractivity contribution in [3.63, 3.8) is 0 Å². The second-order valence-electron chi connectivity index (χ2n) is 5.43. The summed E-state index contributed by atoms with van der Waals surface area (Å²) < 4.78 is 5.52. The number of allylic oxidation sites excluding steroid dienone is 1. The van der Waals surface area contributed by atoms with Crippen molar-refractivity contribution in [2.45, 2.75) is 20.0 Å². The molecule has 2 rings (SSSR count). The molecule has 0 aliphatic heterocycles. The highest BCUT2D eigenvalue weighted by molar-refractivity contribution is 5.87. The average Bonchev–Trinajstić information content (AvgIpc) is 2.63. The van der Waals surface area contributed by atoms with Gasteiger partial charge in [-0.1, -0.05) is 36.4 Å². The van der Waals surface area contributed by atoms with Crippen LogP contribution < -0.4 is 10.2 Å². The summed E-state index contributed by atoms with van der Waals surface area (Å²) in [5.41, 5.74) is 4.97. The Morgan fingerprint density at radius 1 is 1.20 bits per heavy atom. The van der Waals surface area contributed by atoms with Crippen LogP contribution in [-0.2, 0) is 4.79 Å². The number of carbonyl (C=O) groups is 1. The highest BCUT2D eigenvalue weighted by atomic mass is 16.5. The molecule has 0 saturated heterocycles. The number of ether oxygens (including phenoxy) is 1. The number of amides is 1. The van der Waals surface area contributed by atoms with E-state index in [0.29, 0.717) is 11.3 Å². The summed E-state index contributed by atoms with van der Waals surface area (Å²) in [6, 6.07) is 18.4. The van der Waals surface area contributed by atoms with Crippen LogP contribution in [0.4, 0.5) is 0 Å². The average molecular weight is 333 g/mol. The molecule has 0 aromatic heterocycles. The molecule has 2 aromatic rings. The van der Waals surface area contributed by atoms with Crippen LogP contribution in [0.5, 0.6) is 5.75 Å². The Hall–Kier alpha value is -3.39. The maximum atomic E-state index is 12.0. The minimum absolute atomic E-state index is 0.354. The van der Waals surface area contributed by atoms with E-state index >= 15 is 0 Å². The van der Waals surface area contributed by atoms with Gasteiger partial charge < -0.3 is 4.74 Å². The highest BCUT2D eigenvalue weighted by Gasteiger charge is 2.13. The van der Waals surface area contributed by atoms with E-state index in [2.05, 4.69) is 10.5 Å². The Labute approximate surface area is 147 Å². The van der Waals surface area contributed by atoms with Crippen LogP contribution in [0.15, 0.2) is 65.3 Å². The normalized spacial score (nSPS) is 12.4. The third-order valence-corrected chi connectivity index (χ3v) is 3.30. The lowest BCUT2D eigenvalue weighted by molar-refractivity contribution is -0.127. The zero-order valence-corrected chi connectivity index (χ0v) is 14.1. The van der Waals surface area contributed by atoms with Crippen molar-refractivity contribution < 1.29 is 9.53 Å².